The van der Waals surface area contributed by atoms with Gasteiger partial charge in [-0.05, 0) is 62.9 Å². The predicted molar refractivity (Wildman–Crippen MR) is 89.6 cm³/mol. The molecule has 0 amide bonds. The molecular formula is C20H30O2. The summed E-state index contributed by atoms with van der Waals surface area (Å²) < 4.78 is 6.59. The van der Waals surface area contributed by atoms with E-state index >= 15 is 0 Å². The Hall–Kier alpha value is -0.890. The Labute approximate surface area is 135 Å². The molecule has 2 fully saturated rings. The fourth-order valence-electron chi connectivity index (χ4n) is 5.73. The van der Waals surface area contributed by atoms with Gasteiger partial charge in [0.1, 0.15) is 0 Å². The van der Waals surface area contributed by atoms with Gasteiger partial charge in [-0.15, -0.1) is 6.58 Å². The van der Waals surface area contributed by atoms with Crippen LogP contribution in [0.3, 0.4) is 0 Å². The summed E-state index contributed by atoms with van der Waals surface area (Å²) >= 11 is 0. The van der Waals surface area contributed by atoms with E-state index in [4.69, 9.17) is 4.74 Å². The zero-order chi connectivity index (χ0) is 16.4. The second-order valence-corrected chi connectivity index (χ2v) is 8.90. The largest absolute Gasteiger partial charge is 0.365 e. The molecular weight excluding hydrogens is 272 g/mol. The quantitative estimate of drug-likeness (QED) is 0.656. The van der Waals surface area contributed by atoms with E-state index in [0.29, 0.717) is 11.8 Å². The van der Waals surface area contributed by atoms with E-state index in [1.807, 2.05) is 12.2 Å². The van der Waals surface area contributed by atoms with Crippen molar-refractivity contribution in [2.24, 2.45) is 22.7 Å². The monoisotopic (exact) mass is 302 g/mol. The molecule has 3 rings (SSSR count). The molecule has 0 aromatic rings. The lowest BCUT2D eigenvalue weighted by Gasteiger charge is -2.63. The second kappa shape index (κ2) is 4.56. The Morgan fingerprint density at radius 3 is 2.41 bits per heavy atom. The highest BCUT2D eigenvalue weighted by Gasteiger charge is 2.61. The summed E-state index contributed by atoms with van der Waals surface area (Å²) in [5.41, 5.74) is -0.539. The van der Waals surface area contributed by atoms with E-state index in [1.54, 1.807) is 0 Å². The molecule has 0 spiro atoms. The highest BCUT2D eigenvalue weighted by molar-refractivity contribution is 5.95. The van der Waals surface area contributed by atoms with Crippen molar-refractivity contribution in [2.75, 3.05) is 0 Å². The molecule has 1 saturated heterocycles. The third-order valence-corrected chi connectivity index (χ3v) is 7.10. The van der Waals surface area contributed by atoms with Gasteiger partial charge >= 0.3 is 0 Å². The first-order chi connectivity index (χ1) is 10.1. The summed E-state index contributed by atoms with van der Waals surface area (Å²) in [5.74, 6) is 1.16. The van der Waals surface area contributed by atoms with Crippen LogP contribution in [-0.4, -0.2) is 17.0 Å². The summed E-state index contributed by atoms with van der Waals surface area (Å²) in [6.07, 6.45) is 10.2. The summed E-state index contributed by atoms with van der Waals surface area (Å²) in [6, 6.07) is 0. The molecule has 2 heteroatoms. The second-order valence-electron chi connectivity index (χ2n) is 8.90. The van der Waals surface area contributed by atoms with Gasteiger partial charge < -0.3 is 4.74 Å². The molecule has 22 heavy (non-hydrogen) atoms. The van der Waals surface area contributed by atoms with Crippen molar-refractivity contribution in [3.63, 3.8) is 0 Å². The van der Waals surface area contributed by atoms with Gasteiger partial charge in [-0.1, -0.05) is 32.9 Å². The lowest BCUT2D eigenvalue weighted by molar-refractivity contribution is -0.235. The summed E-state index contributed by atoms with van der Waals surface area (Å²) in [4.78, 5) is 12.4. The Morgan fingerprint density at radius 2 is 1.77 bits per heavy atom. The molecule has 1 saturated carbocycles. The standard InChI is InChI=1S/C20H30O2/c1-7-18(4)11-8-15-19(5)12-10-16(21)17(2,3)14(19)9-13-20(15,6)22-18/h7,10,12,14-15H,1,8-9,11,13H2,2-6H3/t14-,15-,18+,19-,20+/m1/s1. The van der Waals surface area contributed by atoms with Crippen LogP contribution in [0.5, 0.6) is 0 Å². The molecule has 0 unspecified atom stereocenters. The molecule has 2 nitrogen and oxygen atoms in total. The molecule has 5 atom stereocenters. The Morgan fingerprint density at radius 1 is 1.14 bits per heavy atom. The summed E-state index contributed by atoms with van der Waals surface area (Å²) in [5, 5.41) is 0. The van der Waals surface area contributed by atoms with Gasteiger partial charge in [0.15, 0.2) is 5.78 Å². The molecule has 122 valence electrons. The fraction of sp³-hybridized carbons (Fsp3) is 0.750. The van der Waals surface area contributed by atoms with Crippen molar-refractivity contribution in [2.45, 2.75) is 71.5 Å². The van der Waals surface area contributed by atoms with Crippen LogP contribution < -0.4 is 0 Å². The molecule has 1 heterocycles. The number of ketones is 1. The highest BCUT2D eigenvalue weighted by Crippen LogP contribution is 2.63. The smallest absolute Gasteiger partial charge is 0.161 e. The van der Waals surface area contributed by atoms with Crippen LogP contribution in [-0.2, 0) is 9.53 Å². The zero-order valence-corrected chi connectivity index (χ0v) is 14.7. The lowest BCUT2D eigenvalue weighted by atomic mass is 9.46. The average molecular weight is 302 g/mol. The van der Waals surface area contributed by atoms with E-state index in [0.717, 1.165) is 25.7 Å². The van der Waals surface area contributed by atoms with E-state index in [2.05, 4.69) is 47.3 Å². The Balaban J connectivity index is 2.02. The first-order valence-corrected chi connectivity index (χ1v) is 8.65. The van der Waals surface area contributed by atoms with Crippen LogP contribution in [0.2, 0.25) is 0 Å². The van der Waals surface area contributed by atoms with E-state index in [1.165, 1.54) is 0 Å². The zero-order valence-electron chi connectivity index (χ0n) is 14.7. The third kappa shape index (κ3) is 1.99. The van der Waals surface area contributed by atoms with Gasteiger partial charge in [0.25, 0.3) is 0 Å². The molecule has 3 aliphatic rings. The minimum atomic E-state index is -0.260. The van der Waals surface area contributed by atoms with E-state index in [9.17, 15) is 4.79 Å². The van der Waals surface area contributed by atoms with Crippen molar-refractivity contribution in [1.29, 1.82) is 0 Å². The van der Waals surface area contributed by atoms with Crippen LogP contribution in [0.4, 0.5) is 0 Å². The van der Waals surface area contributed by atoms with Gasteiger partial charge in [0.05, 0.1) is 11.2 Å². The molecule has 0 N–H and O–H groups in total. The maximum absolute atomic E-state index is 12.4. The van der Waals surface area contributed by atoms with Crippen LogP contribution in [0.1, 0.15) is 60.3 Å². The number of hydrogen-bond donors (Lipinski definition) is 0. The molecule has 2 aliphatic carbocycles. The van der Waals surface area contributed by atoms with E-state index < -0.39 is 0 Å². The lowest BCUT2D eigenvalue weighted by Crippen LogP contribution is -2.62. The minimum Gasteiger partial charge on any atom is -0.365 e. The highest BCUT2D eigenvalue weighted by atomic mass is 16.5. The van der Waals surface area contributed by atoms with Crippen molar-refractivity contribution in [3.8, 4) is 0 Å². The van der Waals surface area contributed by atoms with Crippen LogP contribution in [0.25, 0.3) is 0 Å². The first-order valence-electron chi connectivity index (χ1n) is 8.65. The summed E-state index contributed by atoms with van der Waals surface area (Å²) in [7, 11) is 0. The normalized spacial score (nSPS) is 50.1. The number of allylic oxidation sites excluding steroid dienone is 2. The average Bonchev–Trinajstić information content (AvgIpc) is 2.42. The van der Waals surface area contributed by atoms with E-state index in [-0.39, 0.29) is 27.8 Å². The first kappa shape index (κ1) is 16.0. The number of hydrogen-bond acceptors (Lipinski definition) is 2. The number of carbonyl (C=O) groups excluding carboxylic acids is 1. The number of ether oxygens (including phenoxy) is 1. The Bertz CT molecular complexity index is 546. The molecule has 0 bridgehead atoms. The fourth-order valence-corrected chi connectivity index (χ4v) is 5.73. The number of carbonyl (C=O) groups is 1. The molecule has 0 radical (unpaired) electrons. The Kier molecular flexibility index (Phi) is 3.32. The van der Waals surface area contributed by atoms with Gasteiger partial charge in [0, 0.05) is 5.41 Å². The number of fused-ring (bicyclic) bond motifs is 3. The maximum Gasteiger partial charge on any atom is 0.161 e. The number of rotatable bonds is 1. The topological polar surface area (TPSA) is 26.3 Å². The van der Waals surface area contributed by atoms with Crippen molar-refractivity contribution in [3.05, 3.63) is 24.8 Å². The maximum atomic E-state index is 12.4. The van der Waals surface area contributed by atoms with Crippen LogP contribution in [0.15, 0.2) is 24.8 Å². The predicted octanol–water partition coefficient (Wildman–Crippen LogP) is 4.70. The molecule has 0 aromatic carbocycles. The van der Waals surface area contributed by atoms with Gasteiger partial charge in [-0.25, -0.2) is 0 Å². The third-order valence-electron chi connectivity index (χ3n) is 7.10. The van der Waals surface area contributed by atoms with Crippen molar-refractivity contribution < 1.29 is 9.53 Å². The molecule has 0 aromatic heterocycles. The van der Waals surface area contributed by atoms with Gasteiger partial charge in [-0.3, -0.25) is 4.79 Å². The van der Waals surface area contributed by atoms with Crippen LogP contribution in [0, 0.1) is 22.7 Å². The SMILES string of the molecule is C=C[C@@]1(C)CC[C@@H]2[C@]3(C)C=CC(=O)C(C)(C)[C@H]3CC[C@]2(C)O1. The van der Waals surface area contributed by atoms with Gasteiger partial charge in [0.2, 0.25) is 0 Å². The summed E-state index contributed by atoms with van der Waals surface area (Å²) in [6.45, 7) is 15.0. The minimum absolute atomic E-state index is 0.0485. The van der Waals surface area contributed by atoms with Crippen molar-refractivity contribution in [1.82, 2.24) is 0 Å². The van der Waals surface area contributed by atoms with Crippen LogP contribution >= 0.6 is 0 Å². The van der Waals surface area contributed by atoms with Gasteiger partial charge in [-0.2, -0.15) is 0 Å². The molecule has 1 aliphatic heterocycles. The van der Waals surface area contributed by atoms with Crippen molar-refractivity contribution >= 4 is 5.78 Å².